The molecule has 0 heterocycles. The van der Waals surface area contributed by atoms with Crippen LogP contribution in [0.4, 0.5) is 0 Å². The van der Waals surface area contributed by atoms with Crippen LogP contribution in [-0.4, -0.2) is 37.2 Å². The van der Waals surface area contributed by atoms with Crippen LogP contribution in [0.15, 0.2) is 48.6 Å². The van der Waals surface area contributed by atoms with Crippen molar-refractivity contribution in [1.82, 2.24) is 0 Å². The highest BCUT2D eigenvalue weighted by molar-refractivity contribution is 5.71. The Morgan fingerprint density at radius 2 is 0.581 bits per heavy atom. The van der Waals surface area contributed by atoms with Crippen molar-refractivity contribution in [3.63, 3.8) is 0 Å². The van der Waals surface area contributed by atoms with Gasteiger partial charge in [0.05, 0.1) is 0 Å². The summed E-state index contributed by atoms with van der Waals surface area (Å²) >= 11 is 0. The molecule has 0 radical (unpaired) electrons. The summed E-state index contributed by atoms with van der Waals surface area (Å²) < 4.78 is 16.8. The molecule has 6 nitrogen and oxygen atoms in total. The molecule has 360 valence electrons. The number of hydrogen-bond donors (Lipinski definition) is 0. The van der Waals surface area contributed by atoms with Gasteiger partial charge in [-0.25, -0.2) is 0 Å². The summed E-state index contributed by atoms with van der Waals surface area (Å²) in [7, 11) is 0. The van der Waals surface area contributed by atoms with Crippen LogP contribution in [-0.2, 0) is 28.6 Å². The Balaban J connectivity index is 4.37. The minimum atomic E-state index is -0.782. The van der Waals surface area contributed by atoms with Gasteiger partial charge in [0, 0.05) is 19.3 Å². The number of ether oxygens (including phenoxy) is 3. The van der Waals surface area contributed by atoms with Crippen LogP contribution in [0.25, 0.3) is 0 Å². The molecule has 62 heavy (non-hydrogen) atoms. The summed E-state index contributed by atoms with van der Waals surface area (Å²) in [5.41, 5.74) is 0. The molecular weight excluding hydrogens is 769 g/mol. The zero-order chi connectivity index (χ0) is 45.1. The highest BCUT2D eigenvalue weighted by Gasteiger charge is 2.19. The van der Waals surface area contributed by atoms with E-state index in [1.54, 1.807) is 0 Å². The van der Waals surface area contributed by atoms with Crippen LogP contribution in [0.1, 0.15) is 271 Å². The fourth-order valence-corrected chi connectivity index (χ4v) is 7.46. The molecule has 0 aliphatic rings. The number of carbonyl (C=O) groups excluding carboxylic acids is 3. The Hall–Kier alpha value is -2.63. The first-order valence-corrected chi connectivity index (χ1v) is 26.6. The van der Waals surface area contributed by atoms with Gasteiger partial charge in [0.2, 0.25) is 0 Å². The lowest BCUT2D eigenvalue weighted by Crippen LogP contribution is -2.30. The molecule has 0 N–H and O–H groups in total. The second-order valence-electron chi connectivity index (χ2n) is 17.8. The lowest BCUT2D eigenvalue weighted by Gasteiger charge is -2.18. The van der Waals surface area contributed by atoms with E-state index in [1.807, 2.05) is 0 Å². The third-order valence-corrected chi connectivity index (χ3v) is 11.5. The predicted molar refractivity (Wildman–Crippen MR) is 265 cm³/mol. The molecule has 1 unspecified atom stereocenters. The van der Waals surface area contributed by atoms with Crippen molar-refractivity contribution in [3.8, 4) is 0 Å². The number of rotatable bonds is 48. The molecular formula is C56H100O6. The summed E-state index contributed by atoms with van der Waals surface area (Å²) in [6, 6.07) is 0. The first-order chi connectivity index (χ1) is 30.5. The molecule has 0 rings (SSSR count). The Labute approximate surface area is 384 Å². The second kappa shape index (κ2) is 51.0. The topological polar surface area (TPSA) is 78.9 Å². The maximum atomic E-state index is 12.8. The quantitative estimate of drug-likeness (QED) is 0.0262. The molecule has 0 fully saturated rings. The van der Waals surface area contributed by atoms with Gasteiger partial charge in [0.25, 0.3) is 0 Å². The molecule has 0 bridgehead atoms. The van der Waals surface area contributed by atoms with E-state index in [9.17, 15) is 14.4 Å². The van der Waals surface area contributed by atoms with Crippen LogP contribution < -0.4 is 0 Å². The van der Waals surface area contributed by atoms with Gasteiger partial charge in [0.1, 0.15) is 13.2 Å². The van der Waals surface area contributed by atoms with Crippen LogP contribution in [0, 0.1) is 0 Å². The monoisotopic (exact) mass is 869 g/mol. The van der Waals surface area contributed by atoms with E-state index in [0.717, 1.165) is 89.9 Å². The largest absolute Gasteiger partial charge is 0.462 e. The van der Waals surface area contributed by atoms with Crippen LogP contribution in [0.5, 0.6) is 0 Å². The standard InChI is InChI=1S/C56H100O6/c1-4-7-10-13-16-19-22-25-27-28-29-30-32-34-37-40-43-46-49-55(58)61-52-53(51-60-54(57)48-45-42-39-36-33-24-21-18-15-12-9-6-3)62-56(59)50-47-44-41-38-35-31-26-23-20-17-14-11-8-5-2/h18-19,21-23,26-28,53H,4-17,20,24-25,29-52H2,1-3H3/b21-18-,22-19-,26-23-,28-27-. The Morgan fingerprint density at radius 1 is 0.323 bits per heavy atom. The Kier molecular flexibility index (Phi) is 48.8. The molecule has 1 atom stereocenters. The van der Waals surface area contributed by atoms with E-state index < -0.39 is 6.10 Å². The number of carbonyl (C=O) groups is 3. The fraction of sp³-hybridized carbons (Fsp3) is 0.804. The van der Waals surface area contributed by atoms with Crippen molar-refractivity contribution in [2.75, 3.05) is 13.2 Å². The molecule has 0 spiro atoms. The first kappa shape index (κ1) is 59.4. The normalized spacial score (nSPS) is 12.4. The van der Waals surface area contributed by atoms with E-state index in [4.69, 9.17) is 14.2 Å². The van der Waals surface area contributed by atoms with Crippen molar-refractivity contribution in [1.29, 1.82) is 0 Å². The van der Waals surface area contributed by atoms with Crippen molar-refractivity contribution in [2.45, 2.75) is 277 Å². The number of allylic oxidation sites excluding steroid dienone is 8. The minimum absolute atomic E-state index is 0.0824. The smallest absolute Gasteiger partial charge is 0.306 e. The van der Waals surface area contributed by atoms with Crippen LogP contribution in [0.2, 0.25) is 0 Å². The molecule has 0 saturated heterocycles. The summed E-state index contributed by atoms with van der Waals surface area (Å²) in [5.74, 6) is -0.900. The van der Waals surface area contributed by atoms with Crippen molar-refractivity contribution < 1.29 is 28.6 Å². The van der Waals surface area contributed by atoms with Crippen molar-refractivity contribution in [2.24, 2.45) is 0 Å². The first-order valence-electron chi connectivity index (χ1n) is 26.6. The second-order valence-corrected chi connectivity index (χ2v) is 17.8. The molecule has 0 aliphatic carbocycles. The van der Waals surface area contributed by atoms with Crippen molar-refractivity contribution >= 4 is 17.9 Å². The maximum absolute atomic E-state index is 12.8. The lowest BCUT2D eigenvalue weighted by molar-refractivity contribution is -0.167. The van der Waals surface area contributed by atoms with Crippen LogP contribution in [0.3, 0.4) is 0 Å². The van der Waals surface area contributed by atoms with Gasteiger partial charge in [-0.1, -0.05) is 198 Å². The van der Waals surface area contributed by atoms with E-state index in [0.29, 0.717) is 19.3 Å². The molecule has 0 amide bonds. The van der Waals surface area contributed by atoms with Crippen LogP contribution >= 0.6 is 0 Å². The predicted octanol–water partition coefficient (Wildman–Crippen LogP) is 17.5. The molecule has 0 saturated carbocycles. The minimum Gasteiger partial charge on any atom is -0.462 e. The van der Waals surface area contributed by atoms with Gasteiger partial charge in [-0.05, 0) is 103 Å². The van der Waals surface area contributed by atoms with E-state index in [1.165, 1.54) is 141 Å². The van der Waals surface area contributed by atoms with Gasteiger partial charge in [-0.15, -0.1) is 0 Å². The number of esters is 3. The summed E-state index contributed by atoms with van der Waals surface area (Å²) in [5, 5.41) is 0. The highest BCUT2D eigenvalue weighted by Crippen LogP contribution is 2.14. The fourth-order valence-electron chi connectivity index (χ4n) is 7.46. The zero-order valence-corrected chi connectivity index (χ0v) is 41.1. The average molecular weight is 869 g/mol. The summed E-state index contributed by atoms with van der Waals surface area (Å²) in [4.78, 5) is 38.0. The Morgan fingerprint density at radius 3 is 0.952 bits per heavy atom. The van der Waals surface area contributed by atoms with E-state index in [-0.39, 0.29) is 31.1 Å². The molecule has 0 aliphatic heterocycles. The lowest BCUT2D eigenvalue weighted by atomic mass is 10.1. The van der Waals surface area contributed by atoms with E-state index in [2.05, 4.69) is 69.4 Å². The summed E-state index contributed by atoms with van der Waals surface area (Å²) in [6.07, 6.45) is 60.9. The molecule has 0 aromatic rings. The van der Waals surface area contributed by atoms with Crippen molar-refractivity contribution in [3.05, 3.63) is 48.6 Å². The Bertz CT molecular complexity index is 1090. The van der Waals surface area contributed by atoms with Gasteiger partial charge in [0.15, 0.2) is 6.10 Å². The van der Waals surface area contributed by atoms with Gasteiger partial charge in [-0.3, -0.25) is 14.4 Å². The number of hydrogen-bond acceptors (Lipinski definition) is 6. The SMILES string of the molecule is CCCCC/C=C\CCCCCCCC(=O)OCC(COC(=O)CCCCCCCCC/C=C\C/C=C\CCCCCC)OC(=O)CCCCCCC/C=C\CCCCCCC. The highest BCUT2D eigenvalue weighted by atomic mass is 16.6. The molecule has 6 heteroatoms. The van der Waals surface area contributed by atoms with Gasteiger partial charge < -0.3 is 14.2 Å². The summed E-state index contributed by atoms with van der Waals surface area (Å²) in [6.45, 7) is 6.58. The van der Waals surface area contributed by atoms with Gasteiger partial charge in [-0.2, -0.15) is 0 Å². The maximum Gasteiger partial charge on any atom is 0.306 e. The third-order valence-electron chi connectivity index (χ3n) is 11.5. The third kappa shape index (κ3) is 48.4. The molecule has 0 aromatic carbocycles. The number of unbranched alkanes of at least 4 members (excludes halogenated alkanes) is 29. The zero-order valence-electron chi connectivity index (χ0n) is 41.1. The van der Waals surface area contributed by atoms with Gasteiger partial charge >= 0.3 is 17.9 Å². The van der Waals surface area contributed by atoms with E-state index >= 15 is 0 Å². The molecule has 0 aromatic heterocycles. The average Bonchev–Trinajstić information content (AvgIpc) is 3.27.